The molecule has 0 aromatic rings. The number of hydrogen-bond donors (Lipinski definition) is 1. The SMILES string of the molecule is CN(C)CCCN(C)C(=S)NC1CCCCC1. The third-order valence-corrected chi connectivity index (χ3v) is 3.81. The Bertz CT molecular complexity index is 225. The van der Waals surface area contributed by atoms with Crippen LogP contribution in [0, 0.1) is 0 Å². The third-order valence-electron chi connectivity index (χ3n) is 3.38. The Hall–Kier alpha value is -0.350. The van der Waals surface area contributed by atoms with E-state index in [2.05, 4.69) is 36.3 Å². The Labute approximate surface area is 112 Å². The molecule has 100 valence electrons. The first kappa shape index (κ1) is 14.7. The maximum absolute atomic E-state index is 5.44. The van der Waals surface area contributed by atoms with Crippen molar-refractivity contribution in [3.63, 3.8) is 0 Å². The van der Waals surface area contributed by atoms with Crippen LogP contribution in [0.25, 0.3) is 0 Å². The predicted octanol–water partition coefficient (Wildman–Crippen LogP) is 2.08. The maximum Gasteiger partial charge on any atom is 0.168 e. The minimum Gasteiger partial charge on any atom is -0.360 e. The lowest BCUT2D eigenvalue weighted by Gasteiger charge is -2.28. The summed E-state index contributed by atoms with van der Waals surface area (Å²) in [6.07, 6.45) is 7.83. The first-order valence-electron chi connectivity index (χ1n) is 6.76. The highest BCUT2D eigenvalue weighted by molar-refractivity contribution is 7.80. The molecule has 3 nitrogen and oxygen atoms in total. The van der Waals surface area contributed by atoms with E-state index in [1.165, 1.54) is 32.1 Å². The van der Waals surface area contributed by atoms with Crippen molar-refractivity contribution in [2.75, 3.05) is 34.2 Å². The van der Waals surface area contributed by atoms with E-state index in [0.717, 1.165) is 24.6 Å². The van der Waals surface area contributed by atoms with Gasteiger partial charge in [-0.05, 0) is 52.1 Å². The van der Waals surface area contributed by atoms with Crippen LogP contribution in [-0.2, 0) is 0 Å². The minimum absolute atomic E-state index is 0.618. The fourth-order valence-electron chi connectivity index (χ4n) is 2.26. The van der Waals surface area contributed by atoms with E-state index >= 15 is 0 Å². The molecule has 0 spiro atoms. The van der Waals surface area contributed by atoms with Gasteiger partial charge in [-0.15, -0.1) is 0 Å². The summed E-state index contributed by atoms with van der Waals surface area (Å²) in [4.78, 5) is 4.39. The molecular formula is C13H27N3S. The second kappa shape index (κ2) is 7.88. The fourth-order valence-corrected chi connectivity index (χ4v) is 2.52. The van der Waals surface area contributed by atoms with Crippen LogP contribution in [0.15, 0.2) is 0 Å². The topological polar surface area (TPSA) is 18.5 Å². The molecule has 0 aromatic heterocycles. The summed E-state index contributed by atoms with van der Waals surface area (Å²) >= 11 is 5.44. The largest absolute Gasteiger partial charge is 0.360 e. The quantitative estimate of drug-likeness (QED) is 0.760. The Balaban J connectivity index is 2.16. The zero-order valence-electron chi connectivity index (χ0n) is 11.5. The van der Waals surface area contributed by atoms with Gasteiger partial charge in [-0.3, -0.25) is 0 Å². The predicted molar refractivity (Wildman–Crippen MR) is 78.4 cm³/mol. The van der Waals surface area contributed by atoms with Gasteiger partial charge in [0.25, 0.3) is 0 Å². The lowest BCUT2D eigenvalue weighted by molar-refractivity contribution is 0.359. The van der Waals surface area contributed by atoms with Crippen LogP contribution in [0.3, 0.4) is 0 Å². The van der Waals surface area contributed by atoms with Gasteiger partial charge in [0.15, 0.2) is 5.11 Å². The molecule has 0 heterocycles. The Morgan fingerprint density at radius 2 is 1.76 bits per heavy atom. The molecule has 0 aromatic carbocycles. The van der Waals surface area contributed by atoms with Gasteiger partial charge >= 0.3 is 0 Å². The second-order valence-electron chi connectivity index (χ2n) is 5.36. The van der Waals surface area contributed by atoms with Gasteiger partial charge in [-0.25, -0.2) is 0 Å². The summed E-state index contributed by atoms with van der Waals surface area (Å²) < 4.78 is 0. The molecule has 1 aliphatic rings. The second-order valence-corrected chi connectivity index (χ2v) is 5.75. The monoisotopic (exact) mass is 257 g/mol. The molecule has 1 fully saturated rings. The van der Waals surface area contributed by atoms with Crippen molar-refractivity contribution in [1.82, 2.24) is 15.1 Å². The van der Waals surface area contributed by atoms with Gasteiger partial charge in [0, 0.05) is 19.6 Å². The molecule has 0 atom stereocenters. The molecule has 1 aliphatic carbocycles. The normalized spacial score (nSPS) is 17.2. The molecule has 0 radical (unpaired) electrons. The van der Waals surface area contributed by atoms with Crippen molar-refractivity contribution in [2.24, 2.45) is 0 Å². The van der Waals surface area contributed by atoms with Gasteiger partial charge < -0.3 is 15.1 Å². The number of hydrogen-bond acceptors (Lipinski definition) is 2. The third kappa shape index (κ3) is 6.22. The van der Waals surface area contributed by atoms with Gasteiger partial charge in [0.05, 0.1) is 0 Å². The van der Waals surface area contributed by atoms with Gasteiger partial charge in [0.2, 0.25) is 0 Å². The summed E-state index contributed by atoms with van der Waals surface area (Å²) in [6.45, 7) is 2.16. The smallest absolute Gasteiger partial charge is 0.168 e. The average molecular weight is 257 g/mol. The molecule has 0 saturated heterocycles. The van der Waals surface area contributed by atoms with Crippen molar-refractivity contribution in [3.05, 3.63) is 0 Å². The molecule has 1 rings (SSSR count). The van der Waals surface area contributed by atoms with E-state index in [4.69, 9.17) is 12.2 Å². The summed E-state index contributed by atoms with van der Waals surface area (Å²) in [5.41, 5.74) is 0. The first-order valence-corrected chi connectivity index (χ1v) is 7.17. The maximum atomic E-state index is 5.44. The van der Waals surface area contributed by atoms with E-state index in [9.17, 15) is 0 Å². The summed E-state index contributed by atoms with van der Waals surface area (Å²) in [7, 11) is 6.31. The van der Waals surface area contributed by atoms with Crippen LogP contribution in [0.5, 0.6) is 0 Å². The summed E-state index contributed by atoms with van der Waals surface area (Å²) in [5.74, 6) is 0. The first-order chi connectivity index (χ1) is 8.09. The lowest BCUT2D eigenvalue weighted by Crippen LogP contribution is -2.44. The van der Waals surface area contributed by atoms with E-state index in [1.807, 2.05) is 0 Å². The molecule has 1 saturated carbocycles. The number of thiocarbonyl (C=S) groups is 1. The summed E-state index contributed by atoms with van der Waals surface area (Å²) in [6, 6.07) is 0.618. The molecular weight excluding hydrogens is 230 g/mol. The van der Waals surface area contributed by atoms with Crippen LogP contribution in [0.4, 0.5) is 0 Å². The number of nitrogens with zero attached hydrogens (tertiary/aromatic N) is 2. The Morgan fingerprint density at radius 3 is 2.35 bits per heavy atom. The Kier molecular flexibility index (Phi) is 6.82. The van der Waals surface area contributed by atoms with Crippen molar-refractivity contribution < 1.29 is 0 Å². The molecule has 1 N–H and O–H groups in total. The molecule has 0 unspecified atom stereocenters. The van der Waals surface area contributed by atoms with E-state index in [0.29, 0.717) is 6.04 Å². The van der Waals surface area contributed by atoms with Crippen molar-refractivity contribution in [1.29, 1.82) is 0 Å². The number of nitrogens with one attached hydrogen (secondary N) is 1. The minimum atomic E-state index is 0.618. The van der Waals surface area contributed by atoms with E-state index < -0.39 is 0 Å². The van der Waals surface area contributed by atoms with Crippen LogP contribution in [0.2, 0.25) is 0 Å². The van der Waals surface area contributed by atoms with Gasteiger partial charge in [0.1, 0.15) is 0 Å². The van der Waals surface area contributed by atoms with Crippen molar-refractivity contribution in [2.45, 2.75) is 44.6 Å². The fraction of sp³-hybridized carbons (Fsp3) is 0.923. The lowest BCUT2D eigenvalue weighted by atomic mass is 9.96. The van der Waals surface area contributed by atoms with E-state index in [1.54, 1.807) is 0 Å². The zero-order valence-corrected chi connectivity index (χ0v) is 12.4. The van der Waals surface area contributed by atoms with Gasteiger partial charge in [-0.2, -0.15) is 0 Å². The van der Waals surface area contributed by atoms with E-state index in [-0.39, 0.29) is 0 Å². The highest BCUT2D eigenvalue weighted by atomic mass is 32.1. The molecule has 0 bridgehead atoms. The molecule has 0 amide bonds. The highest BCUT2D eigenvalue weighted by Crippen LogP contribution is 2.17. The van der Waals surface area contributed by atoms with Crippen LogP contribution >= 0.6 is 12.2 Å². The van der Waals surface area contributed by atoms with Crippen LogP contribution < -0.4 is 5.32 Å². The molecule has 4 heteroatoms. The number of rotatable bonds is 5. The van der Waals surface area contributed by atoms with Crippen LogP contribution in [-0.4, -0.2) is 55.2 Å². The van der Waals surface area contributed by atoms with Crippen molar-refractivity contribution >= 4 is 17.3 Å². The van der Waals surface area contributed by atoms with Gasteiger partial charge in [-0.1, -0.05) is 19.3 Å². The zero-order chi connectivity index (χ0) is 12.7. The van der Waals surface area contributed by atoms with Crippen LogP contribution in [0.1, 0.15) is 38.5 Å². The standard InChI is InChI=1S/C13H27N3S/c1-15(2)10-7-11-16(3)13(17)14-12-8-5-4-6-9-12/h12H,4-11H2,1-3H3,(H,14,17). The van der Waals surface area contributed by atoms with Crippen molar-refractivity contribution in [3.8, 4) is 0 Å². The Morgan fingerprint density at radius 1 is 1.12 bits per heavy atom. The highest BCUT2D eigenvalue weighted by Gasteiger charge is 2.15. The molecule has 17 heavy (non-hydrogen) atoms. The molecule has 0 aliphatic heterocycles. The summed E-state index contributed by atoms with van der Waals surface area (Å²) in [5, 5.41) is 4.43. The average Bonchev–Trinajstić information content (AvgIpc) is 2.29.